The van der Waals surface area contributed by atoms with E-state index in [0.29, 0.717) is 18.8 Å². The van der Waals surface area contributed by atoms with Gasteiger partial charge in [0.2, 0.25) is 0 Å². The molecule has 0 bridgehead atoms. The minimum atomic E-state index is -0.108. The van der Waals surface area contributed by atoms with Crippen LogP contribution in [0.2, 0.25) is 0 Å². The number of aromatic nitrogens is 2. The lowest BCUT2D eigenvalue weighted by Gasteiger charge is -2.28. The van der Waals surface area contributed by atoms with Crippen molar-refractivity contribution in [2.45, 2.75) is 12.8 Å². The molecule has 0 saturated carbocycles. The molecule has 0 aliphatic carbocycles. The SMILES string of the molecule is N#CC1CCCN(C(=O)c2csnn2)C1. The summed E-state index contributed by atoms with van der Waals surface area (Å²) in [7, 11) is 0. The average molecular weight is 222 g/mol. The lowest BCUT2D eigenvalue weighted by Crippen LogP contribution is -2.39. The van der Waals surface area contributed by atoms with Gasteiger partial charge in [-0.05, 0) is 24.4 Å². The highest BCUT2D eigenvalue weighted by Gasteiger charge is 2.25. The Morgan fingerprint density at radius 3 is 3.27 bits per heavy atom. The third-order valence-electron chi connectivity index (χ3n) is 2.47. The van der Waals surface area contributed by atoms with Crippen LogP contribution in [0.15, 0.2) is 5.38 Å². The van der Waals surface area contributed by atoms with E-state index in [9.17, 15) is 4.79 Å². The average Bonchev–Trinajstić information content (AvgIpc) is 2.81. The van der Waals surface area contributed by atoms with Crippen molar-refractivity contribution < 1.29 is 4.79 Å². The summed E-state index contributed by atoms with van der Waals surface area (Å²) in [5, 5.41) is 14.2. The molecule has 1 amide bonds. The van der Waals surface area contributed by atoms with Gasteiger partial charge in [-0.2, -0.15) is 5.26 Å². The molecule has 1 aliphatic heterocycles. The Kier molecular flexibility index (Phi) is 2.92. The van der Waals surface area contributed by atoms with E-state index in [1.807, 2.05) is 0 Å². The van der Waals surface area contributed by atoms with Gasteiger partial charge in [0.15, 0.2) is 5.69 Å². The van der Waals surface area contributed by atoms with Gasteiger partial charge < -0.3 is 4.90 Å². The quantitative estimate of drug-likeness (QED) is 0.708. The molecule has 0 spiro atoms. The number of amides is 1. The lowest BCUT2D eigenvalue weighted by atomic mass is 9.99. The lowest BCUT2D eigenvalue weighted by molar-refractivity contribution is 0.0693. The first kappa shape index (κ1) is 10.1. The second-order valence-electron chi connectivity index (χ2n) is 3.51. The van der Waals surface area contributed by atoms with Crippen LogP contribution in [0, 0.1) is 17.2 Å². The van der Waals surface area contributed by atoms with E-state index < -0.39 is 0 Å². The van der Waals surface area contributed by atoms with Gasteiger partial charge in [-0.1, -0.05) is 4.49 Å². The molecule has 2 heterocycles. The normalized spacial score (nSPS) is 21.0. The maximum absolute atomic E-state index is 11.8. The summed E-state index contributed by atoms with van der Waals surface area (Å²) in [5.74, 6) is -0.141. The Bertz CT molecular complexity index is 383. The third-order valence-corrected chi connectivity index (χ3v) is 2.97. The van der Waals surface area contributed by atoms with Crippen molar-refractivity contribution in [3.05, 3.63) is 11.1 Å². The molecule has 1 atom stereocenters. The molecule has 0 aromatic carbocycles. The Morgan fingerprint density at radius 1 is 1.73 bits per heavy atom. The van der Waals surface area contributed by atoms with Crippen molar-refractivity contribution in [2.24, 2.45) is 5.92 Å². The van der Waals surface area contributed by atoms with Crippen LogP contribution in [0.25, 0.3) is 0 Å². The molecule has 0 N–H and O–H groups in total. The number of carbonyl (C=O) groups excluding carboxylic acids is 1. The predicted octanol–water partition coefficient (Wildman–Crippen LogP) is 0.914. The fourth-order valence-corrected chi connectivity index (χ4v) is 2.12. The Labute approximate surface area is 91.5 Å². The van der Waals surface area contributed by atoms with Crippen molar-refractivity contribution in [3.8, 4) is 6.07 Å². The topological polar surface area (TPSA) is 69.9 Å². The molecule has 78 valence electrons. The minimum absolute atomic E-state index is 0.0331. The number of piperidine rings is 1. The largest absolute Gasteiger partial charge is 0.336 e. The summed E-state index contributed by atoms with van der Waals surface area (Å²) >= 11 is 1.16. The summed E-state index contributed by atoms with van der Waals surface area (Å²) < 4.78 is 3.66. The van der Waals surface area contributed by atoms with Gasteiger partial charge in [0.05, 0.1) is 12.0 Å². The van der Waals surface area contributed by atoms with E-state index in [4.69, 9.17) is 5.26 Å². The van der Waals surface area contributed by atoms with Crippen LogP contribution in [-0.4, -0.2) is 33.5 Å². The van der Waals surface area contributed by atoms with Gasteiger partial charge >= 0.3 is 0 Å². The molecule has 1 saturated heterocycles. The molecule has 6 heteroatoms. The van der Waals surface area contributed by atoms with Crippen molar-refractivity contribution in [3.63, 3.8) is 0 Å². The first-order valence-electron chi connectivity index (χ1n) is 4.77. The predicted molar refractivity (Wildman–Crippen MR) is 54.1 cm³/mol. The molecule has 1 aromatic rings. The summed E-state index contributed by atoms with van der Waals surface area (Å²) in [6.45, 7) is 1.24. The van der Waals surface area contributed by atoms with Gasteiger partial charge in [0.1, 0.15) is 0 Å². The van der Waals surface area contributed by atoms with Crippen LogP contribution in [0.5, 0.6) is 0 Å². The second kappa shape index (κ2) is 4.36. The monoisotopic (exact) mass is 222 g/mol. The molecule has 0 radical (unpaired) electrons. The van der Waals surface area contributed by atoms with Crippen LogP contribution in [-0.2, 0) is 0 Å². The van der Waals surface area contributed by atoms with E-state index in [0.717, 1.165) is 24.4 Å². The van der Waals surface area contributed by atoms with E-state index in [1.165, 1.54) is 0 Å². The molecule has 1 aromatic heterocycles. The molecular formula is C9H10N4OS. The van der Waals surface area contributed by atoms with E-state index in [2.05, 4.69) is 15.7 Å². The maximum atomic E-state index is 11.8. The number of hydrogen-bond acceptors (Lipinski definition) is 5. The first-order valence-corrected chi connectivity index (χ1v) is 5.61. The molecular weight excluding hydrogens is 212 g/mol. The highest BCUT2D eigenvalue weighted by molar-refractivity contribution is 7.03. The Morgan fingerprint density at radius 2 is 2.60 bits per heavy atom. The summed E-state index contributed by atoms with van der Waals surface area (Å²) in [4.78, 5) is 13.5. The van der Waals surface area contributed by atoms with E-state index >= 15 is 0 Å². The number of likely N-dealkylation sites (tertiary alicyclic amines) is 1. The van der Waals surface area contributed by atoms with Crippen LogP contribution in [0.3, 0.4) is 0 Å². The molecule has 1 fully saturated rings. The Balaban J connectivity index is 2.05. The number of nitriles is 1. The van der Waals surface area contributed by atoms with Gasteiger partial charge in [0.25, 0.3) is 5.91 Å². The number of rotatable bonds is 1. The maximum Gasteiger partial charge on any atom is 0.275 e. The fourth-order valence-electron chi connectivity index (χ4n) is 1.69. The highest BCUT2D eigenvalue weighted by Crippen LogP contribution is 2.17. The van der Waals surface area contributed by atoms with Crippen LogP contribution in [0.4, 0.5) is 0 Å². The number of nitrogens with zero attached hydrogens (tertiary/aromatic N) is 4. The minimum Gasteiger partial charge on any atom is -0.336 e. The zero-order chi connectivity index (χ0) is 10.7. The highest BCUT2D eigenvalue weighted by atomic mass is 32.1. The number of carbonyl (C=O) groups is 1. The number of hydrogen-bond donors (Lipinski definition) is 0. The molecule has 15 heavy (non-hydrogen) atoms. The molecule has 1 unspecified atom stereocenters. The van der Waals surface area contributed by atoms with Crippen LogP contribution >= 0.6 is 11.5 Å². The Hall–Kier alpha value is -1.48. The third kappa shape index (κ3) is 2.13. The van der Waals surface area contributed by atoms with E-state index in [1.54, 1.807) is 10.3 Å². The smallest absolute Gasteiger partial charge is 0.275 e. The van der Waals surface area contributed by atoms with Crippen LogP contribution < -0.4 is 0 Å². The van der Waals surface area contributed by atoms with Gasteiger partial charge in [0, 0.05) is 18.5 Å². The standard InChI is InChI=1S/C9H10N4OS/c10-4-7-2-1-3-13(5-7)9(14)8-6-15-12-11-8/h6-7H,1-3,5H2. The van der Waals surface area contributed by atoms with Crippen molar-refractivity contribution in [1.82, 2.24) is 14.5 Å². The molecule has 5 nitrogen and oxygen atoms in total. The second-order valence-corrected chi connectivity index (χ2v) is 4.12. The van der Waals surface area contributed by atoms with Crippen LogP contribution in [0.1, 0.15) is 23.3 Å². The van der Waals surface area contributed by atoms with Gasteiger partial charge in [-0.3, -0.25) is 4.79 Å². The summed E-state index contributed by atoms with van der Waals surface area (Å²) in [5.41, 5.74) is 0.388. The van der Waals surface area contributed by atoms with Gasteiger partial charge in [-0.15, -0.1) is 5.10 Å². The van der Waals surface area contributed by atoms with Crippen molar-refractivity contribution in [2.75, 3.05) is 13.1 Å². The zero-order valence-corrected chi connectivity index (χ0v) is 8.90. The fraction of sp³-hybridized carbons (Fsp3) is 0.556. The molecule has 2 rings (SSSR count). The van der Waals surface area contributed by atoms with Gasteiger partial charge in [-0.25, -0.2) is 0 Å². The summed E-state index contributed by atoms with van der Waals surface area (Å²) in [6.07, 6.45) is 1.77. The zero-order valence-electron chi connectivity index (χ0n) is 8.09. The summed E-state index contributed by atoms with van der Waals surface area (Å²) in [6, 6.07) is 2.21. The molecule has 1 aliphatic rings. The van der Waals surface area contributed by atoms with Crippen molar-refractivity contribution >= 4 is 17.4 Å². The first-order chi connectivity index (χ1) is 7.31. The van der Waals surface area contributed by atoms with Crippen molar-refractivity contribution in [1.29, 1.82) is 5.26 Å². The van der Waals surface area contributed by atoms with E-state index in [-0.39, 0.29) is 11.8 Å².